The van der Waals surface area contributed by atoms with Gasteiger partial charge in [0, 0.05) is 6.54 Å². The standard InChI is InChI=1S/C10H13FN6O/c1-2-3-17-6-7(4-14-17)18-9-8(11)5-13-10(15-9)16-12/h4-6H,2-3,12H2,1H3,(H,13,15,16). The molecule has 0 fully saturated rings. The summed E-state index contributed by atoms with van der Waals surface area (Å²) in [6.07, 6.45) is 5.09. The summed E-state index contributed by atoms with van der Waals surface area (Å²) in [6, 6.07) is 0. The summed E-state index contributed by atoms with van der Waals surface area (Å²) in [5.74, 6) is 4.75. The fraction of sp³-hybridized carbons (Fsp3) is 0.300. The van der Waals surface area contributed by atoms with Gasteiger partial charge in [-0.05, 0) is 6.42 Å². The second-order valence-corrected chi connectivity index (χ2v) is 3.53. The van der Waals surface area contributed by atoms with Crippen molar-refractivity contribution in [3.8, 4) is 11.6 Å². The number of nitrogen functional groups attached to an aromatic ring is 1. The molecule has 0 saturated heterocycles. The zero-order chi connectivity index (χ0) is 13.0. The second kappa shape index (κ2) is 5.41. The van der Waals surface area contributed by atoms with Crippen molar-refractivity contribution >= 4 is 5.95 Å². The largest absolute Gasteiger partial charge is 0.433 e. The number of nitrogens with two attached hydrogens (primary N) is 1. The molecule has 0 aliphatic rings. The van der Waals surface area contributed by atoms with E-state index in [0.29, 0.717) is 5.75 Å². The average Bonchev–Trinajstić information content (AvgIpc) is 2.80. The van der Waals surface area contributed by atoms with Crippen molar-refractivity contribution in [2.75, 3.05) is 5.43 Å². The molecule has 2 aromatic heterocycles. The lowest BCUT2D eigenvalue weighted by atomic mass is 10.5. The SMILES string of the molecule is CCCn1cc(Oc2nc(NN)ncc2F)cn1. The van der Waals surface area contributed by atoms with E-state index < -0.39 is 5.82 Å². The fourth-order valence-corrected chi connectivity index (χ4v) is 1.35. The smallest absolute Gasteiger partial charge is 0.261 e. The molecule has 2 heterocycles. The van der Waals surface area contributed by atoms with Crippen molar-refractivity contribution in [1.29, 1.82) is 0 Å². The molecule has 8 heteroatoms. The Balaban J connectivity index is 2.16. The number of hydrogen-bond acceptors (Lipinski definition) is 6. The van der Waals surface area contributed by atoms with Crippen LogP contribution in [-0.2, 0) is 6.54 Å². The lowest BCUT2D eigenvalue weighted by molar-refractivity contribution is 0.419. The zero-order valence-electron chi connectivity index (χ0n) is 9.80. The monoisotopic (exact) mass is 252 g/mol. The molecule has 96 valence electrons. The van der Waals surface area contributed by atoms with E-state index >= 15 is 0 Å². The molecule has 0 aliphatic carbocycles. The fourth-order valence-electron chi connectivity index (χ4n) is 1.35. The van der Waals surface area contributed by atoms with Crippen LogP contribution in [0.25, 0.3) is 0 Å². The number of aromatic nitrogens is 4. The van der Waals surface area contributed by atoms with Crippen LogP contribution in [0.1, 0.15) is 13.3 Å². The van der Waals surface area contributed by atoms with Crippen LogP contribution in [0, 0.1) is 5.82 Å². The molecule has 0 spiro atoms. The van der Waals surface area contributed by atoms with Crippen LogP contribution in [0.4, 0.5) is 10.3 Å². The van der Waals surface area contributed by atoms with Crippen LogP contribution in [0.3, 0.4) is 0 Å². The molecule has 0 bridgehead atoms. The van der Waals surface area contributed by atoms with Crippen molar-refractivity contribution in [2.45, 2.75) is 19.9 Å². The Labute approximate surface area is 103 Å². The first-order valence-electron chi connectivity index (χ1n) is 5.42. The van der Waals surface area contributed by atoms with Crippen LogP contribution in [0.5, 0.6) is 11.6 Å². The number of hydrogen-bond donors (Lipinski definition) is 2. The Bertz CT molecular complexity index is 529. The minimum absolute atomic E-state index is 0.0763. The first-order valence-corrected chi connectivity index (χ1v) is 5.42. The van der Waals surface area contributed by atoms with Gasteiger partial charge < -0.3 is 4.74 Å². The van der Waals surface area contributed by atoms with Gasteiger partial charge in [0.1, 0.15) is 0 Å². The van der Waals surface area contributed by atoms with E-state index in [9.17, 15) is 4.39 Å². The molecule has 0 atom stereocenters. The molecule has 0 amide bonds. The molecule has 0 unspecified atom stereocenters. The summed E-state index contributed by atoms with van der Waals surface area (Å²) in [5, 5.41) is 4.06. The van der Waals surface area contributed by atoms with E-state index in [2.05, 4.69) is 20.5 Å². The van der Waals surface area contributed by atoms with Crippen molar-refractivity contribution in [1.82, 2.24) is 19.7 Å². The van der Waals surface area contributed by atoms with Crippen molar-refractivity contribution < 1.29 is 9.13 Å². The first-order chi connectivity index (χ1) is 8.72. The van der Waals surface area contributed by atoms with Gasteiger partial charge in [-0.3, -0.25) is 10.1 Å². The molecule has 2 rings (SSSR count). The van der Waals surface area contributed by atoms with E-state index in [0.717, 1.165) is 19.2 Å². The minimum atomic E-state index is -0.669. The summed E-state index contributed by atoms with van der Waals surface area (Å²) < 4.78 is 20.4. The minimum Gasteiger partial charge on any atom is -0.433 e. The van der Waals surface area contributed by atoms with Gasteiger partial charge in [0.25, 0.3) is 5.88 Å². The first kappa shape index (κ1) is 12.2. The van der Waals surface area contributed by atoms with Gasteiger partial charge in [-0.1, -0.05) is 6.92 Å². The third-order valence-corrected chi connectivity index (χ3v) is 2.12. The van der Waals surface area contributed by atoms with E-state index in [1.165, 1.54) is 6.20 Å². The molecule has 0 aromatic carbocycles. The number of nitrogens with one attached hydrogen (secondary N) is 1. The summed E-state index contributed by atoms with van der Waals surface area (Å²) in [7, 11) is 0. The molecule has 0 radical (unpaired) electrons. The Kier molecular flexibility index (Phi) is 3.68. The predicted octanol–water partition coefficient (Wildman–Crippen LogP) is 1.30. The number of rotatable bonds is 5. The summed E-state index contributed by atoms with van der Waals surface area (Å²) >= 11 is 0. The predicted molar refractivity (Wildman–Crippen MR) is 62.4 cm³/mol. The Morgan fingerprint density at radius 2 is 2.33 bits per heavy atom. The third-order valence-electron chi connectivity index (χ3n) is 2.12. The zero-order valence-corrected chi connectivity index (χ0v) is 9.80. The molecule has 7 nitrogen and oxygen atoms in total. The highest BCUT2D eigenvalue weighted by Crippen LogP contribution is 2.22. The highest BCUT2D eigenvalue weighted by atomic mass is 19.1. The number of nitrogens with zero attached hydrogens (tertiary/aromatic N) is 4. The lowest BCUT2D eigenvalue weighted by Gasteiger charge is -2.04. The van der Waals surface area contributed by atoms with E-state index in [-0.39, 0.29) is 11.8 Å². The average molecular weight is 252 g/mol. The Morgan fingerprint density at radius 1 is 1.50 bits per heavy atom. The lowest BCUT2D eigenvalue weighted by Crippen LogP contribution is -2.11. The molecule has 18 heavy (non-hydrogen) atoms. The van der Waals surface area contributed by atoms with Gasteiger partial charge >= 0.3 is 0 Å². The summed E-state index contributed by atoms with van der Waals surface area (Å²) in [5.41, 5.74) is 2.22. The molecule has 2 aromatic rings. The molecule has 3 N–H and O–H groups in total. The summed E-state index contributed by atoms with van der Waals surface area (Å²) in [6.45, 7) is 2.80. The Hall–Kier alpha value is -2.22. The van der Waals surface area contributed by atoms with Gasteiger partial charge in [-0.15, -0.1) is 0 Å². The van der Waals surface area contributed by atoms with Gasteiger partial charge in [0.2, 0.25) is 11.8 Å². The highest BCUT2D eigenvalue weighted by molar-refractivity contribution is 5.29. The number of halogens is 1. The number of aryl methyl sites for hydroxylation is 1. The second-order valence-electron chi connectivity index (χ2n) is 3.53. The maximum absolute atomic E-state index is 13.4. The number of anilines is 1. The van der Waals surface area contributed by atoms with E-state index in [1.54, 1.807) is 10.9 Å². The molecular weight excluding hydrogens is 239 g/mol. The van der Waals surface area contributed by atoms with Gasteiger partial charge in [0.15, 0.2) is 5.75 Å². The van der Waals surface area contributed by atoms with Gasteiger partial charge in [-0.2, -0.15) is 14.5 Å². The topological polar surface area (TPSA) is 90.9 Å². The molecule has 0 aliphatic heterocycles. The van der Waals surface area contributed by atoms with Crippen LogP contribution in [0.2, 0.25) is 0 Å². The Morgan fingerprint density at radius 3 is 3.06 bits per heavy atom. The maximum atomic E-state index is 13.4. The molecular formula is C10H13FN6O. The maximum Gasteiger partial charge on any atom is 0.261 e. The van der Waals surface area contributed by atoms with E-state index in [4.69, 9.17) is 10.6 Å². The quantitative estimate of drug-likeness (QED) is 0.615. The van der Waals surface area contributed by atoms with Crippen LogP contribution < -0.4 is 16.0 Å². The third kappa shape index (κ3) is 2.72. The number of hydrazine groups is 1. The summed E-state index contributed by atoms with van der Waals surface area (Å²) in [4.78, 5) is 7.37. The van der Waals surface area contributed by atoms with Gasteiger partial charge in [-0.25, -0.2) is 10.8 Å². The highest BCUT2D eigenvalue weighted by Gasteiger charge is 2.10. The normalized spacial score (nSPS) is 10.4. The van der Waals surface area contributed by atoms with Crippen molar-refractivity contribution in [2.24, 2.45) is 5.84 Å². The van der Waals surface area contributed by atoms with Crippen LogP contribution in [-0.4, -0.2) is 19.7 Å². The van der Waals surface area contributed by atoms with Crippen LogP contribution >= 0.6 is 0 Å². The van der Waals surface area contributed by atoms with E-state index in [1.807, 2.05) is 6.92 Å². The van der Waals surface area contributed by atoms with Crippen LogP contribution in [0.15, 0.2) is 18.6 Å². The van der Waals surface area contributed by atoms with Crippen molar-refractivity contribution in [3.05, 3.63) is 24.4 Å². The van der Waals surface area contributed by atoms with Crippen molar-refractivity contribution in [3.63, 3.8) is 0 Å². The number of ether oxygens (including phenoxy) is 1. The molecule has 0 saturated carbocycles. The van der Waals surface area contributed by atoms with Gasteiger partial charge in [0.05, 0.1) is 18.6 Å².